The molecular weight excluding hydrogens is 360 g/mol. The van der Waals surface area contributed by atoms with Crippen LogP contribution in [0.15, 0.2) is 58.0 Å². The molecule has 2 aromatic rings. The second-order valence-corrected chi connectivity index (χ2v) is 7.24. The Morgan fingerprint density at radius 1 is 1.18 bits per heavy atom. The van der Waals surface area contributed by atoms with Gasteiger partial charge in [0.2, 0.25) is 5.91 Å². The van der Waals surface area contributed by atoms with E-state index in [0.29, 0.717) is 11.6 Å². The summed E-state index contributed by atoms with van der Waals surface area (Å²) in [6, 6.07) is 16.0. The Morgan fingerprint density at radius 2 is 1.91 bits per heavy atom. The van der Waals surface area contributed by atoms with Gasteiger partial charge in [-0.1, -0.05) is 58.0 Å². The molecule has 1 N–H and O–H groups in total. The van der Waals surface area contributed by atoms with Gasteiger partial charge in [-0.15, -0.1) is 0 Å². The summed E-state index contributed by atoms with van der Waals surface area (Å²) < 4.78 is 1.04. The fourth-order valence-electron chi connectivity index (χ4n) is 2.23. The van der Waals surface area contributed by atoms with Gasteiger partial charge in [-0.3, -0.25) is 4.79 Å². The molecule has 1 aliphatic rings. The average molecular weight is 375 g/mol. The molecule has 3 nitrogen and oxygen atoms in total. The number of para-hydroxylation sites is 1. The van der Waals surface area contributed by atoms with Gasteiger partial charge in [-0.25, -0.2) is 4.99 Å². The van der Waals surface area contributed by atoms with Crippen molar-refractivity contribution in [3.8, 4) is 0 Å². The number of hydrogen-bond donors (Lipinski definition) is 1. The molecule has 112 valence electrons. The largest absolute Gasteiger partial charge is 0.304 e. The van der Waals surface area contributed by atoms with Gasteiger partial charge >= 0.3 is 0 Å². The van der Waals surface area contributed by atoms with Crippen LogP contribution in [-0.4, -0.2) is 16.3 Å². The topological polar surface area (TPSA) is 41.5 Å². The molecule has 0 bridgehead atoms. The molecule has 1 unspecified atom stereocenters. The molecule has 1 heterocycles. The zero-order chi connectivity index (χ0) is 15.5. The molecule has 1 amide bonds. The van der Waals surface area contributed by atoms with Gasteiger partial charge < -0.3 is 5.32 Å². The van der Waals surface area contributed by atoms with Gasteiger partial charge in [0.15, 0.2) is 5.17 Å². The summed E-state index contributed by atoms with van der Waals surface area (Å²) >= 11 is 4.92. The van der Waals surface area contributed by atoms with E-state index in [1.54, 1.807) is 0 Å². The molecule has 0 saturated carbocycles. The molecule has 0 aromatic heterocycles. The smallest absolute Gasteiger partial charge is 0.239 e. The average Bonchev–Trinajstić information content (AvgIpc) is 2.84. The van der Waals surface area contributed by atoms with Crippen LogP contribution in [0.1, 0.15) is 11.1 Å². The Hall–Kier alpha value is -1.59. The number of carbonyl (C=O) groups excluding carboxylic acids is 1. The summed E-state index contributed by atoms with van der Waals surface area (Å²) in [5, 5.41) is 3.44. The lowest BCUT2D eigenvalue weighted by molar-refractivity contribution is -0.118. The molecule has 22 heavy (non-hydrogen) atoms. The van der Waals surface area contributed by atoms with E-state index in [1.165, 1.54) is 11.8 Å². The molecule has 1 saturated heterocycles. The quantitative estimate of drug-likeness (QED) is 0.873. The second kappa shape index (κ2) is 6.67. The molecule has 2 aromatic carbocycles. The van der Waals surface area contributed by atoms with E-state index < -0.39 is 0 Å². The summed E-state index contributed by atoms with van der Waals surface area (Å²) in [6.07, 6.45) is 0.705. The van der Waals surface area contributed by atoms with E-state index in [0.717, 1.165) is 21.3 Å². The highest BCUT2D eigenvalue weighted by molar-refractivity contribution is 9.10. The third-order valence-corrected chi connectivity index (χ3v) is 5.06. The number of halogens is 1. The summed E-state index contributed by atoms with van der Waals surface area (Å²) in [7, 11) is 0. The van der Waals surface area contributed by atoms with Crippen LogP contribution in [0.3, 0.4) is 0 Å². The monoisotopic (exact) mass is 374 g/mol. The molecular formula is C17H15BrN2OS. The van der Waals surface area contributed by atoms with Crippen molar-refractivity contribution in [3.63, 3.8) is 0 Å². The lowest BCUT2D eigenvalue weighted by Gasteiger charge is -2.05. The minimum atomic E-state index is -0.121. The number of nitrogens with one attached hydrogen (secondary N) is 1. The maximum Gasteiger partial charge on any atom is 0.239 e. The highest BCUT2D eigenvalue weighted by Gasteiger charge is 2.30. The number of rotatable bonds is 3. The van der Waals surface area contributed by atoms with Crippen LogP contribution < -0.4 is 5.32 Å². The Kier molecular flexibility index (Phi) is 4.64. The number of amides is 1. The van der Waals surface area contributed by atoms with E-state index in [4.69, 9.17) is 0 Å². The SMILES string of the molecule is Cc1ccccc1N=C1NC(=O)C(Cc2ccc(Br)cc2)S1. The van der Waals surface area contributed by atoms with Crippen LogP contribution in [0.25, 0.3) is 0 Å². The Morgan fingerprint density at radius 3 is 2.64 bits per heavy atom. The predicted octanol–water partition coefficient (Wildman–Crippen LogP) is 4.22. The van der Waals surface area contributed by atoms with Gasteiger partial charge in [0, 0.05) is 4.47 Å². The standard InChI is InChI=1S/C17H15BrN2OS/c1-11-4-2-3-5-14(11)19-17-20-16(21)15(22-17)10-12-6-8-13(18)9-7-12/h2-9,15H,10H2,1H3,(H,19,20,21). The summed E-state index contributed by atoms with van der Waals surface area (Å²) in [5.41, 5.74) is 3.14. The van der Waals surface area contributed by atoms with Crippen molar-refractivity contribution in [2.45, 2.75) is 18.6 Å². The molecule has 3 rings (SSSR count). The number of aryl methyl sites for hydroxylation is 1. The van der Waals surface area contributed by atoms with Gasteiger partial charge in [-0.05, 0) is 42.7 Å². The maximum atomic E-state index is 12.1. The van der Waals surface area contributed by atoms with E-state index in [-0.39, 0.29) is 11.2 Å². The van der Waals surface area contributed by atoms with E-state index in [1.807, 2.05) is 55.5 Å². The van der Waals surface area contributed by atoms with Gasteiger partial charge in [-0.2, -0.15) is 0 Å². The van der Waals surface area contributed by atoms with Crippen molar-refractivity contribution in [2.75, 3.05) is 0 Å². The summed E-state index contributed by atoms with van der Waals surface area (Å²) in [5.74, 6) is 0.0280. The third-order valence-electron chi connectivity index (χ3n) is 3.45. The van der Waals surface area contributed by atoms with Gasteiger partial charge in [0.05, 0.1) is 10.9 Å². The fourth-order valence-corrected chi connectivity index (χ4v) is 3.51. The van der Waals surface area contributed by atoms with Crippen molar-refractivity contribution in [2.24, 2.45) is 4.99 Å². The van der Waals surface area contributed by atoms with Crippen LogP contribution in [0.4, 0.5) is 5.69 Å². The van der Waals surface area contributed by atoms with Crippen molar-refractivity contribution in [1.82, 2.24) is 5.32 Å². The van der Waals surface area contributed by atoms with Crippen molar-refractivity contribution in [3.05, 3.63) is 64.1 Å². The minimum Gasteiger partial charge on any atom is -0.304 e. The van der Waals surface area contributed by atoms with Gasteiger partial charge in [0.1, 0.15) is 0 Å². The zero-order valence-electron chi connectivity index (χ0n) is 12.0. The number of benzene rings is 2. The van der Waals surface area contributed by atoms with Gasteiger partial charge in [0.25, 0.3) is 0 Å². The van der Waals surface area contributed by atoms with E-state index in [2.05, 4.69) is 26.2 Å². The van der Waals surface area contributed by atoms with E-state index >= 15 is 0 Å². The Labute approximate surface area is 142 Å². The fraction of sp³-hybridized carbons (Fsp3) is 0.176. The molecule has 1 atom stereocenters. The summed E-state index contributed by atoms with van der Waals surface area (Å²) in [6.45, 7) is 2.01. The van der Waals surface area contributed by atoms with E-state index in [9.17, 15) is 4.79 Å². The van der Waals surface area contributed by atoms with Crippen LogP contribution in [0.5, 0.6) is 0 Å². The lowest BCUT2D eigenvalue weighted by Crippen LogP contribution is -2.25. The molecule has 0 radical (unpaired) electrons. The normalized spacial score (nSPS) is 19.5. The zero-order valence-corrected chi connectivity index (χ0v) is 14.4. The van der Waals surface area contributed by atoms with Crippen molar-refractivity contribution in [1.29, 1.82) is 0 Å². The predicted molar refractivity (Wildman–Crippen MR) is 95.6 cm³/mol. The van der Waals surface area contributed by atoms with Crippen molar-refractivity contribution < 1.29 is 4.79 Å². The Balaban J connectivity index is 1.73. The Bertz CT molecular complexity index is 728. The second-order valence-electron chi connectivity index (χ2n) is 5.13. The molecule has 1 fully saturated rings. The number of aliphatic imine (C=N–C) groups is 1. The lowest BCUT2D eigenvalue weighted by atomic mass is 10.1. The first-order chi connectivity index (χ1) is 10.6. The van der Waals surface area contributed by atoms with Crippen LogP contribution in [0.2, 0.25) is 0 Å². The van der Waals surface area contributed by atoms with Crippen LogP contribution >= 0.6 is 27.7 Å². The first-order valence-corrected chi connectivity index (χ1v) is 8.65. The molecule has 0 spiro atoms. The van der Waals surface area contributed by atoms with Crippen LogP contribution in [-0.2, 0) is 11.2 Å². The first-order valence-electron chi connectivity index (χ1n) is 6.98. The third kappa shape index (κ3) is 3.59. The first kappa shape index (κ1) is 15.3. The maximum absolute atomic E-state index is 12.1. The number of amidine groups is 1. The number of thioether (sulfide) groups is 1. The number of carbonyl (C=O) groups is 1. The van der Waals surface area contributed by atoms with Crippen LogP contribution in [0, 0.1) is 6.92 Å². The number of nitrogens with zero attached hydrogens (tertiary/aromatic N) is 1. The molecule has 0 aliphatic carbocycles. The van der Waals surface area contributed by atoms with Crippen molar-refractivity contribution >= 4 is 44.5 Å². The number of hydrogen-bond acceptors (Lipinski definition) is 3. The summed E-state index contributed by atoms with van der Waals surface area (Å²) in [4.78, 5) is 16.7. The highest BCUT2D eigenvalue weighted by Crippen LogP contribution is 2.27. The molecule has 5 heteroatoms. The highest BCUT2D eigenvalue weighted by atomic mass is 79.9. The minimum absolute atomic E-state index is 0.0280. The molecule has 1 aliphatic heterocycles.